The Morgan fingerprint density at radius 1 is 1.33 bits per heavy atom. The summed E-state index contributed by atoms with van der Waals surface area (Å²) in [7, 11) is 0. The van der Waals surface area contributed by atoms with Crippen molar-refractivity contribution in [2.24, 2.45) is 0 Å². The molecule has 1 N–H and O–H groups in total. The Morgan fingerprint density at radius 2 is 2.06 bits per heavy atom. The summed E-state index contributed by atoms with van der Waals surface area (Å²) < 4.78 is 5.20. The Kier molecular flexibility index (Phi) is 3.43. The van der Waals surface area contributed by atoms with Gasteiger partial charge in [0.05, 0.1) is 11.4 Å². The minimum absolute atomic E-state index is 0.210. The monoisotopic (exact) mass is 269 g/mol. The Balaban J connectivity index is 2.19. The molecule has 1 aromatic heterocycles. The van der Waals surface area contributed by atoms with Gasteiger partial charge in [-0.15, -0.1) is 5.10 Å². The maximum Gasteiger partial charge on any atom is 0.412 e. The van der Waals surface area contributed by atoms with Crippen LogP contribution in [0.5, 0.6) is 0 Å². The van der Waals surface area contributed by atoms with Gasteiger partial charge in [-0.3, -0.25) is 5.32 Å². The normalized spacial score (nSPS) is 14.2. The lowest BCUT2D eigenvalue weighted by atomic mass is 10.2. The Morgan fingerprint density at radius 3 is 2.72 bits per heavy atom. The van der Waals surface area contributed by atoms with Crippen LogP contribution in [0.1, 0.15) is 38.4 Å². The first kappa shape index (κ1) is 13.1. The van der Waals surface area contributed by atoms with Crippen LogP contribution < -0.4 is 5.32 Å². The van der Waals surface area contributed by atoms with Crippen LogP contribution in [0.15, 0.2) is 0 Å². The highest BCUT2D eigenvalue weighted by Crippen LogP contribution is 2.31. The third kappa shape index (κ3) is 2.90. The van der Waals surface area contributed by atoms with Crippen molar-refractivity contribution >= 4 is 23.4 Å². The second-order valence-electron chi connectivity index (χ2n) is 5.27. The summed E-state index contributed by atoms with van der Waals surface area (Å²) in [5.74, 6) is 0. The van der Waals surface area contributed by atoms with E-state index in [1.165, 1.54) is 0 Å². The number of rotatable bonds is 1. The molecule has 18 heavy (non-hydrogen) atoms. The summed E-state index contributed by atoms with van der Waals surface area (Å²) in [6, 6.07) is 0. The van der Waals surface area contributed by atoms with Crippen molar-refractivity contribution in [3.8, 4) is 0 Å². The summed E-state index contributed by atoms with van der Waals surface area (Å²) in [6.45, 7) is 5.43. The van der Waals surface area contributed by atoms with Gasteiger partial charge in [-0.2, -0.15) is 5.10 Å². The standard InChI is InChI=1S/C12H16ClN3O2/c1-12(2,3)18-11(17)14-9-7-5-4-6-8(7)15-16-10(9)13/h4-6H2,1-3H3,(H,14,15,17). The lowest BCUT2D eigenvalue weighted by Crippen LogP contribution is -2.27. The topological polar surface area (TPSA) is 64.1 Å². The van der Waals surface area contributed by atoms with Crippen LogP contribution in [0.3, 0.4) is 0 Å². The van der Waals surface area contributed by atoms with Crippen molar-refractivity contribution in [1.29, 1.82) is 0 Å². The zero-order valence-electron chi connectivity index (χ0n) is 10.7. The number of aryl methyl sites for hydroxylation is 1. The molecule has 0 saturated carbocycles. The first-order valence-electron chi connectivity index (χ1n) is 5.91. The number of hydrogen-bond acceptors (Lipinski definition) is 4. The molecule has 0 spiro atoms. The molecule has 0 bridgehead atoms. The molecule has 0 fully saturated rings. The number of amides is 1. The molecule has 0 radical (unpaired) electrons. The van der Waals surface area contributed by atoms with Crippen LogP contribution in [0.4, 0.5) is 10.5 Å². The molecule has 1 heterocycles. The lowest BCUT2D eigenvalue weighted by molar-refractivity contribution is 0.0635. The van der Waals surface area contributed by atoms with Crippen molar-refractivity contribution in [2.45, 2.75) is 45.6 Å². The van der Waals surface area contributed by atoms with Crippen molar-refractivity contribution in [3.05, 3.63) is 16.4 Å². The number of ether oxygens (including phenoxy) is 1. The van der Waals surface area contributed by atoms with Crippen LogP contribution in [-0.2, 0) is 17.6 Å². The van der Waals surface area contributed by atoms with Gasteiger partial charge in [0, 0.05) is 5.56 Å². The Hall–Kier alpha value is -1.36. The fourth-order valence-corrected chi connectivity index (χ4v) is 2.12. The summed E-state index contributed by atoms with van der Waals surface area (Å²) in [5.41, 5.74) is 1.87. The molecule has 98 valence electrons. The number of carbonyl (C=O) groups is 1. The van der Waals surface area contributed by atoms with E-state index in [1.807, 2.05) is 20.8 Å². The molecule has 1 aromatic rings. The molecule has 0 aromatic carbocycles. The van der Waals surface area contributed by atoms with Crippen molar-refractivity contribution < 1.29 is 9.53 Å². The predicted octanol–water partition coefficient (Wildman–Crippen LogP) is 2.97. The van der Waals surface area contributed by atoms with Gasteiger partial charge in [-0.1, -0.05) is 11.6 Å². The van der Waals surface area contributed by atoms with E-state index in [9.17, 15) is 4.79 Å². The van der Waals surface area contributed by atoms with E-state index in [1.54, 1.807) is 0 Å². The van der Waals surface area contributed by atoms with E-state index < -0.39 is 11.7 Å². The zero-order chi connectivity index (χ0) is 13.3. The number of carbonyl (C=O) groups excluding carboxylic acids is 1. The molecule has 1 aliphatic rings. The van der Waals surface area contributed by atoms with Crippen LogP contribution in [0, 0.1) is 0 Å². The summed E-state index contributed by atoms with van der Waals surface area (Å²) >= 11 is 5.98. The highest BCUT2D eigenvalue weighted by atomic mass is 35.5. The first-order valence-corrected chi connectivity index (χ1v) is 6.28. The largest absolute Gasteiger partial charge is 0.444 e. The molecule has 5 nitrogen and oxygen atoms in total. The second kappa shape index (κ2) is 4.72. The van der Waals surface area contributed by atoms with Gasteiger partial charge in [0.2, 0.25) is 0 Å². The van der Waals surface area contributed by atoms with Crippen LogP contribution >= 0.6 is 11.6 Å². The Bertz CT molecular complexity index is 483. The minimum atomic E-state index is -0.541. The van der Waals surface area contributed by atoms with Gasteiger partial charge in [0.1, 0.15) is 5.60 Å². The molecule has 1 aliphatic carbocycles. The van der Waals surface area contributed by atoms with Gasteiger partial charge in [0.25, 0.3) is 0 Å². The predicted molar refractivity (Wildman–Crippen MR) is 68.9 cm³/mol. The first-order chi connectivity index (χ1) is 8.37. The van der Waals surface area contributed by atoms with E-state index >= 15 is 0 Å². The third-order valence-corrected chi connectivity index (χ3v) is 2.85. The number of aromatic nitrogens is 2. The second-order valence-corrected chi connectivity index (χ2v) is 5.63. The van der Waals surface area contributed by atoms with Gasteiger partial charge >= 0.3 is 6.09 Å². The van der Waals surface area contributed by atoms with Crippen LogP contribution in [-0.4, -0.2) is 21.9 Å². The molecule has 0 unspecified atom stereocenters. The third-order valence-electron chi connectivity index (χ3n) is 2.58. The maximum absolute atomic E-state index is 11.7. The van der Waals surface area contributed by atoms with E-state index in [0.717, 1.165) is 30.5 Å². The average Bonchev–Trinajstić information content (AvgIpc) is 2.67. The maximum atomic E-state index is 11.7. The summed E-state index contributed by atoms with van der Waals surface area (Å²) in [4.78, 5) is 11.7. The molecule has 1 amide bonds. The quantitative estimate of drug-likeness (QED) is 0.851. The summed E-state index contributed by atoms with van der Waals surface area (Å²) in [5, 5.41) is 10.8. The fourth-order valence-electron chi connectivity index (χ4n) is 1.92. The molecule has 0 atom stereocenters. The SMILES string of the molecule is CC(C)(C)OC(=O)Nc1c(Cl)nnc2c1CCC2. The molecule has 2 rings (SSSR count). The molecule has 0 aliphatic heterocycles. The average molecular weight is 270 g/mol. The number of anilines is 1. The highest BCUT2D eigenvalue weighted by Gasteiger charge is 2.23. The van der Waals surface area contributed by atoms with E-state index in [2.05, 4.69) is 15.5 Å². The number of nitrogens with one attached hydrogen (secondary N) is 1. The van der Waals surface area contributed by atoms with Crippen LogP contribution in [0.25, 0.3) is 0 Å². The fraction of sp³-hybridized carbons (Fsp3) is 0.583. The number of halogens is 1. The zero-order valence-corrected chi connectivity index (χ0v) is 11.5. The Labute approximate surface area is 111 Å². The van der Waals surface area contributed by atoms with Crippen molar-refractivity contribution in [2.75, 3.05) is 5.32 Å². The van der Waals surface area contributed by atoms with Gasteiger partial charge in [0.15, 0.2) is 5.15 Å². The number of nitrogens with zero attached hydrogens (tertiary/aromatic N) is 2. The van der Waals surface area contributed by atoms with Crippen molar-refractivity contribution in [1.82, 2.24) is 10.2 Å². The molecular weight excluding hydrogens is 254 g/mol. The summed E-state index contributed by atoms with van der Waals surface area (Å²) in [6.07, 6.45) is 2.22. The van der Waals surface area contributed by atoms with E-state index in [-0.39, 0.29) is 5.15 Å². The highest BCUT2D eigenvalue weighted by molar-refractivity contribution is 6.32. The van der Waals surface area contributed by atoms with Gasteiger partial charge in [-0.25, -0.2) is 4.79 Å². The lowest BCUT2D eigenvalue weighted by Gasteiger charge is -2.20. The number of hydrogen-bond donors (Lipinski definition) is 1. The van der Waals surface area contributed by atoms with Gasteiger partial charge in [-0.05, 0) is 40.0 Å². The van der Waals surface area contributed by atoms with Crippen LogP contribution in [0.2, 0.25) is 5.15 Å². The van der Waals surface area contributed by atoms with E-state index in [0.29, 0.717) is 5.69 Å². The minimum Gasteiger partial charge on any atom is -0.444 e. The molecule has 0 saturated heterocycles. The van der Waals surface area contributed by atoms with Gasteiger partial charge < -0.3 is 4.74 Å². The molecular formula is C12H16ClN3O2. The van der Waals surface area contributed by atoms with E-state index in [4.69, 9.17) is 16.3 Å². The van der Waals surface area contributed by atoms with Crippen molar-refractivity contribution in [3.63, 3.8) is 0 Å². The smallest absolute Gasteiger partial charge is 0.412 e. The number of fused-ring (bicyclic) bond motifs is 1. The molecule has 6 heteroatoms.